The number of pyridine rings is 1. The Morgan fingerprint density at radius 2 is 1.86 bits per heavy atom. The number of hydrogen-bond acceptors (Lipinski definition) is 3. The minimum Gasteiger partial charge on any atom is -0.481 e. The topological polar surface area (TPSA) is 70.5 Å². The summed E-state index contributed by atoms with van der Waals surface area (Å²) < 4.78 is 0.774. The highest BCUT2D eigenvalue weighted by Gasteiger charge is 2.19. The van der Waals surface area contributed by atoms with Gasteiger partial charge < -0.3 is 10.0 Å². The number of para-hydroxylation sites is 1. The van der Waals surface area contributed by atoms with E-state index in [0.717, 1.165) is 4.47 Å². The lowest BCUT2D eigenvalue weighted by atomic mass is 10.2. The Balaban J connectivity index is 2.28. The number of anilines is 1. The van der Waals surface area contributed by atoms with Crippen molar-refractivity contribution >= 4 is 33.5 Å². The zero-order valence-electron chi connectivity index (χ0n) is 11.1. The molecule has 0 unspecified atom stereocenters. The highest BCUT2D eigenvalue weighted by Crippen LogP contribution is 2.17. The summed E-state index contributed by atoms with van der Waals surface area (Å²) in [5, 5.41) is 8.84. The van der Waals surface area contributed by atoms with E-state index in [1.165, 1.54) is 11.1 Å². The van der Waals surface area contributed by atoms with Crippen LogP contribution in [0, 0.1) is 0 Å². The van der Waals surface area contributed by atoms with Gasteiger partial charge in [-0.15, -0.1) is 0 Å². The van der Waals surface area contributed by atoms with Gasteiger partial charge in [0.05, 0.1) is 6.42 Å². The Labute approximate surface area is 130 Å². The average Bonchev–Trinajstić information content (AvgIpc) is 2.49. The summed E-state index contributed by atoms with van der Waals surface area (Å²) in [5.74, 6) is -1.28. The van der Waals surface area contributed by atoms with Gasteiger partial charge in [0.25, 0.3) is 5.91 Å². The van der Waals surface area contributed by atoms with Crippen molar-refractivity contribution in [2.75, 3.05) is 11.4 Å². The number of carboxylic acids is 1. The third-order valence-corrected chi connectivity index (χ3v) is 3.28. The molecule has 108 valence electrons. The van der Waals surface area contributed by atoms with Gasteiger partial charge in [-0.25, -0.2) is 4.98 Å². The normalized spacial score (nSPS) is 10.1. The number of carboxylic acid groups (broad SMARTS) is 1. The zero-order chi connectivity index (χ0) is 15.2. The number of carbonyl (C=O) groups is 2. The van der Waals surface area contributed by atoms with Gasteiger partial charge in [-0.2, -0.15) is 0 Å². The van der Waals surface area contributed by atoms with Crippen LogP contribution >= 0.6 is 15.9 Å². The molecule has 21 heavy (non-hydrogen) atoms. The van der Waals surface area contributed by atoms with Crippen molar-refractivity contribution in [2.45, 2.75) is 6.42 Å². The lowest BCUT2D eigenvalue weighted by Gasteiger charge is -2.21. The summed E-state index contributed by atoms with van der Waals surface area (Å²) in [6.45, 7) is 0.0932. The predicted octanol–water partition coefficient (Wildman–Crippen LogP) is 2.97. The summed E-state index contributed by atoms with van der Waals surface area (Å²) >= 11 is 3.26. The number of benzene rings is 1. The molecule has 1 N–H and O–H groups in total. The molecule has 0 bridgehead atoms. The Morgan fingerprint density at radius 3 is 2.43 bits per heavy atom. The van der Waals surface area contributed by atoms with Crippen molar-refractivity contribution in [1.29, 1.82) is 0 Å². The van der Waals surface area contributed by atoms with E-state index in [1.807, 2.05) is 6.07 Å². The molecule has 0 spiro atoms. The van der Waals surface area contributed by atoms with Crippen molar-refractivity contribution in [2.24, 2.45) is 0 Å². The molecule has 0 saturated heterocycles. The predicted molar refractivity (Wildman–Crippen MR) is 82.3 cm³/mol. The summed E-state index contributed by atoms with van der Waals surface area (Å²) in [4.78, 5) is 28.8. The second-order valence-corrected chi connectivity index (χ2v) is 5.21. The van der Waals surface area contributed by atoms with Gasteiger partial charge in [0.1, 0.15) is 5.69 Å². The smallest absolute Gasteiger partial charge is 0.305 e. The van der Waals surface area contributed by atoms with Crippen LogP contribution in [0.2, 0.25) is 0 Å². The van der Waals surface area contributed by atoms with Crippen molar-refractivity contribution in [3.05, 3.63) is 58.8 Å². The molecule has 1 aromatic carbocycles. The number of carbonyl (C=O) groups excluding carboxylic acids is 1. The molecular formula is C15H13BrN2O3. The van der Waals surface area contributed by atoms with E-state index in [9.17, 15) is 9.59 Å². The van der Waals surface area contributed by atoms with Crippen LogP contribution in [0.3, 0.4) is 0 Å². The third-order valence-electron chi connectivity index (χ3n) is 2.81. The fourth-order valence-electron chi connectivity index (χ4n) is 1.80. The molecular weight excluding hydrogens is 336 g/mol. The molecule has 2 aromatic rings. The molecule has 0 aliphatic heterocycles. The van der Waals surface area contributed by atoms with Gasteiger partial charge in [-0.1, -0.05) is 18.2 Å². The van der Waals surface area contributed by atoms with Gasteiger partial charge >= 0.3 is 5.97 Å². The molecule has 0 radical (unpaired) electrons. The summed E-state index contributed by atoms with van der Waals surface area (Å²) in [6.07, 6.45) is 1.41. The Hall–Kier alpha value is -2.21. The molecule has 0 fully saturated rings. The number of amides is 1. The van der Waals surface area contributed by atoms with E-state index in [1.54, 1.807) is 36.4 Å². The maximum Gasteiger partial charge on any atom is 0.305 e. The minimum atomic E-state index is -0.951. The van der Waals surface area contributed by atoms with Crippen molar-refractivity contribution in [3.8, 4) is 0 Å². The second kappa shape index (κ2) is 6.99. The highest BCUT2D eigenvalue weighted by atomic mass is 79.9. The highest BCUT2D eigenvalue weighted by molar-refractivity contribution is 9.10. The molecule has 0 saturated carbocycles. The van der Waals surface area contributed by atoms with Gasteiger partial charge in [0.15, 0.2) is 0 Å². The average molecular weight is 349 g/mol. The van der Waals surface area contributed by atoms with Crippen molar-refractivity contribution in [3.63, 3.8) is 0 Å². The van der Waals surface area contributed by atoms with Crippen LogP contribution in [0.15, 0.2) is 53.1 Å². The molecule has 0 aliphatic rings. The quantitative estimate of drug-likeness (QED) is 0.901. The molecule has 6 heteroatoms. The summed E-state index contributed by atoms with van der Waals surface area (Å²) in [5.41, 5.74) is 0.918. The maximum atomic E-state index is 12.5. The molecule has 0 aliphatic carbocycles. The Bertz CT molecular complexity index is 629. The molecule has 1 amide bonds. The number of aliphatic carboxylic acids is 1. The fourth-order valence-corrected chi connectivity index (χ4v) is 2.04. The van der Waals surface area contributed by atoms with Crippen LogP contribution < -0.4 is 4.90 Å². The van der Waals surface area contributed by atoms with E-state index in [2.05, 4.69) is 20.9 Å². The maximum absolute atomic E-state index is 12.5. The van der Waals surface area contributed by atoms with Crippen LogP contribution in [0.5, 0.6) is 0 Å². The minimum absolute atomic E-state index is 0.0932. The SMILES string of the molecule is O=C(O)CCN(C(=O)c1ccc(Br)cn1)c1ccccc1. The van der Waals surface area contributed by atoms with Crippen LogP contribution in [0.4, 0.5) is 5.69 Å². The first kappa shape index (κ1) is 15.2. The van der Waals surface area contributed by atoms with Crippen molar-refractivity contribution < 1.29 is 14.7 Å². The first-order valence-corrected chi connectivity index (χ1v) is 7.07. The van der Waals surface area contributed by atoms with Crippen LogP contribution in [-0.4, -0.2) is 28.5 Å². The third kappa shape index (κ3) is 4.13. The number of aromatic nitrogens is 1. The molecule has 2 rings (SSSR count). The van der Waals surface area contributed by atoms with E-state index in [4.69, 9.17) is 5.11 Å². The van der Waals surface area contributed by atoms with Crippen LogP contribution in [0.25, 0.3) is 0 Å². The number of rotatable bonds is 5. The van der Waals surface area contributed by atoms with E-state index < -0.39 is 5.97 Å². The molecule has 1 aromatic heterocycles. The summed E-state index contributed by atoms with van der Waals surface area (Å²) in [6, 6.07) is 12.3. The van der Waals surface area contributed by atoms with Crippen molar-refractivity contribution in [1.82, 2.24) is 4.98 Å². The van der Waals surface area contributed by atoms with Gasteiger partial charge in [-0.05, 0) is 40.2 Å². The van der Waals surface area contributed by atoms with Gasteiger partial charge in [-0.3, -0.25) is 9.59 Å². The Kier molecular flexibility index (Phi) is 5.05. The van der Waals surface area contributed by atoms with E-state index >= 15 is 0 Å². The van der Waals surface area contributed by atoms with E-state index in [-0.39, 0.29) is 24.6 Å². The zero-order valence-corrected chi connectivity index (χ0v) is 12.7. The number of halogens is 1. The first-order chi connectivity index (χ1) is 10.1. The molecule has 0 atom stereocenters. The Morgan fingerprint density at radius 1 is 1.14 bits per heavy atom. The fraction of sp³-hybridized carbons (Fsp3) is 0.133. The van der Waals surface area contributed by atoms with Gasteiger partial charge in [0, 0.05) is 22.9 Å². The number of hydrogen-bond donors (Lipinski definition) is 1. The first-order valence-electron chi connectivity index (χ1n) is 6.28. The lowest BCUT2D eigenvalue weighted by molar-refractivity contribution is -0.136. The second-order valence-electron chi connectivity index (χ2n) is 4.30. The number of nitrogens with zero attached hydrogens (tertiary/aromatic N) is 2. The van der Waals surface area contributed by atoms with E-state index in [0.29, 0.717) is 5.69 Å². The lowest BCUT2D eigenvalue weighted by Crippen LogP contribution is -2.33. The monoisotopic (exact) mass is 348 g/mol. The molecule has 5 nitrogen and oxygen atoms in total. The van der Waals surface area contributed by atoms with Crippen LogP contribution in [-0.2, 0) is 4.79 Å². The largest absolute Gasteiger partial charge is 0.481 e. The van der Waals surface area contributed by atoms with Gasteiger partial charge in [0.2, 0.25) is 0 Å². The summed E-state index contributed by atoms with van der Waals surface area (Å²) in [7, 11) is 0. The van der Waals surface area contributed by atoms with Crippen LogP contribution in [0.1, 0.15) is 16.9 Å². The molecule has 1 heterocycles. The standard InChI is InChI=1S/C15H13BrN2O3/c16-11-6-7-13(17-10-11)15(21)18(9-8-14(19)20)12-4-2-1-3-5-12/h1-7,10H,8-9H2,(H,19,20).